The molecule has 1 saturated heterocycles. The molecule has 160 valence electrons. The number of para-hydroxylation sites is 2. The van der Waals surface area contributed by atoms with E-state index in [9.17, 15) is 0 Å². The lowest BCUT2D eigenvalue weighted by molar-refractivity contribution is -0.0265. The first-order chi connectivity index (χ1) is 14.7. The van der Waals surface area contributed by atoms with Gasteiger partial charge in [-0.25, -0.2) is 4.98 Å². The highest BCUT2D eigenvalue weighted by Gasteiger charge is 2.26. The Morgan fingerprint density at radius 1 is 1.13 bits per heavy atom. The number of nitrogens with one attached hydrogen (secondary N) is 1. The van der Waals surface area contributed by atoms with Gasteiger partial charge < -0.3 is 25.1 Å². The van der Waals surface area contributed by atoms with E-state index in [1.807, 2.05) is 30.3 Å². The minimum absolute atomic E-state index is 0.216. The molecule has 1 unspecified atom stereocenters. The number of aromatic amines is 1. The average molecular weight is 409 g/mol. The van der Waals surface area contributed by atoms with Gasteiger partial charge in [-0.2, -0.15) is 0 Å². The van der Waals surface area contributed by atoms with Crippen LogP contribution in [-0.2, 0) is 4.74 Å². The summed E-state index contributed by atoms with van der Waals surface area (Å²) in [6.45, 7) is 3.48. The van der Waals surface area contributed by atoms with Crippen LogP contribution in [0.4, 0.5) is 0 Å². The lowest BCUT2D eigenvalue weighted by Gasteiger charge is -2.31. The number of hydrogen-bond acceptors (Lipinski definition) is 5. The topological polar surface area (TPSA) is 76.4 Å². The van der Waals surface area contributed by atoms with Crippen LogP contribution in [0.15, 0.2) is 48.5 Å². The summed E-state index contributed by atoms with van der Waals surface area (Å²) in [4.78, 5) is 10.7. The van der Waals surface area contributed by atoms with E-state index in [2.05, 4.69) is 35.1 Å². The summed E-state index contributed by atoms with van der Waals surface area (Å²) in [5.41, 5.74) is 8.62. The monoisotopic (exact) mass is 408 g/mol. The second-order valence-electron chi connectivity index (χ2n) is 8.07. The molecule has 6 nitrogen and oxygen atoms in total. The van der Waals surface area contributed by atoms with Crippen LogP contribution >= 0.6 is 0 Å². The number of H-pyrrole nitrogens is 1. The Bertz CT molecular complexity index is 901. The second-order valence-corrected chi connectivity index (χ2v) is 8.07. The highest BCUT2D eigenvalue weighted by Crippen LogP contribution is 2.31. The van der Waals surface area contributed by atoms with Crippen molar-refractivity contribution in [1.29, 1.82) is 0 Å². The van der Waals surface area contributed by atoms with Crippen LogP contribution in [-0.4, -0.2) is 54.3 Å². The Hall–Kier alpha value is -2.41. The van der Waals surface area contributed by atoms with Crippen molar-refractivity contribution in [3.05, 3.63) is 59.9 Å². The highest BCUT2D eigenvalue weighted by molar-refractivity contribution is 5.74. The smallest absolute Gasteiger partial charge is 0.141 e. The van der Waals surface area contributed by atoms with E-state index in [1.54, 1.807) is 0 Å². The van der Waals surface area contributed by atoms with Gasteiger partial charge in [0.15, 0.2) is 0 Å². The van der Waals surface area contributed by atoms with Crippen molar-refractivity contribution in [2.24, 2.45) is 5.73 Å². The predicted octanol–water partition coefficient (Wildman–Crippen LogP) is 3.88. The molecule has 2 aromatic carbocycles. The summed E-state index contributed by atoms with van der Waals surface area (Å²) in [7, 11) is 2.17. The molecule has 3 N–H and O–H groups in total. The third-order valence-corrected chi connectivity index (χ3v) is 5.68. The number of rotatable bonds is 9. The molecular weight excluding hydrogens is 376 g/mol. The SMILES string of the molecule is CN1CCC(OC(c2cccc(OCCCCN)c2)c2nc3ccccc3[nH]2)CC1. The fraction of sp³-hybridized carbons (Fsp3) is 0.458. The van der Waals surface area contributed by atoms with Gasteiger partial charge in [0.05, 0.1) is 23.7 Å². The average Bonchev–Trinajstić information content (AvgIpc) is 3.20. The summed E-state index contributed by atoms with van der Waals surface area (Å²) in [6.07, 6.45) is 3.96. The summed E-state index contributed by atoms with van der Waals surface area (Å²) in [5, 5.41) is 0. The normalized spacial score (nSPS) is 16.7. The van der Waals surface area contributed by atoms with Gasteiger partial charge in [0, 0.05) is 13.1 Å². The number of nitrogens with two attached hydrogens (primary N) is 1. The van der Waals surface area contributed by atoms with Crippen molar-refractivity contribution in [2.45, 2.75) is 37.9 Å². The van der Waals surface area contributed by atoms with Crippen LogP contribution in [0.5, 0.6) is 5.75 Å². The molecule has 2 heterocycles. The molecule has 3 aromatic rings. The molecule has 0 radical (unpaired) electrons. The van der Waals surface area contributed by atoms with E-state index in [1.165, 1.54) is 0 Å². The number of unbranched alkanes of at least 4 members (excludes halogenated alkanes) is 1. The van der Waals surface area contributed by atoms with E-state index in [-0.39, 0.29) is 12.2 Å². The molecule has 1 aliphatic rings. The molecule has 0 saturated carbocycles. The van der Waals surface area contributed by atoms with E-state index in [4.69, 9.17) is 20.2 Å². The van der Waals surface area contributed by atoms with Crippen molar-refractivity contribution in [1.82, 2.24) is 14.9 Å². The van der Waals surface area contributed by atoms with Crippen molar-refractivity contribution in [3.8, 4) is 5.75 Å². The zero-order chi connectivity index (χ0) is 20.8. The molecule has 0 aliphatic carbocycles. The number of ether oxygens (including phenoxy) is 2. The van der Waals surface area contributed by atoms with Gasteiger partial charge in [0.25, 0.3) is 0 Å². The molecule has 1 atom stereocenters. The molecule has 1 aliphatic heterocycles. The van der Waals surface area contributed by atoms with E-state index in [0.29, 0.717) is 13.2 Å². The lowest BCUT2D eigenvalue weighted by atomic mass is 10.1. The summed E-state index contributed by atoms with van der Waals surface area (Å²) >= 11 is 0. The Kier molecular flexibility index (Phi) is 7.00. The third-order valence-electron chi connectivity index (χ3n) is 5.68. The molecule has 6 heteroatoms. The van der Waals surface area contributed by atoms with Crippen LogP contribution in [0.1, 0.15) is 43.2 Å². The molecule has 30 heavy (non-hydrogen) atoms. The summed E-state index contributed by atoms with van der Waals surface area (Å²) in [5.74, 6) is 1.70. The van der Waals surface area contributed by atoms with Crippen LogP contribution in [0.3, 0.4) is 0 Å². The molecule has 1 fully saturated rings. The molecular formula is C24H32N4O2. The number of hydrogen-bond donors (Lipinski definition) is 2. The first kappa shape index (κ1) is 20.8. The van der Waals surface area contributed by atoms with Crippen molar-refractivity contribution >= 4 is 11.0 Å². The van der Waals surface area contributed by atoms with Crippen molar-refractivity contribution < 1.29 is 9.47 Å². The van der Waals surface area contributed by atoms with Gasteiger partial charge in [-0.15, -0.1) is 0 Å². The zero-order valence-electron chi connectivity index (χ0n) is 17.7. The Morgan fingerprint density at radius 3 is 2.77 bits per heavy atom. The molecule has 0 amide bonds. The fourth-order valence-electron chi connectivity index (χ4n) is 3.91. The van der Waals surface area contributed by atoms with Crippen molar-refractivity contribution in [2.75, 3.05) is 33.3 Å². The number of aromatic nitrogens is 2. The van der Waals surface area contributed by atoms with E-state index >= 15 is 0 Å². The van der Waals surface area contributed by atoms with Crippen LogP contribution in [0.25, 0.3) is 11.0 Å². The zero-order valence-corrected chi connectivity index (χ0v) is 17.7. The maximum Gasteiger partial charge on any atom is 0.141 e. The number of piperidine rings is 1. The van der Waals surface area contributed by atoms with Gasteiger partial charge in [-0.05, 0) is 69.1 Å². The maximum atomic E-state index is 6.65. The van der Waals surface area contributed by atoms with Crippen LogP contribution in [0.2, 0.25) is 0 Å². The van der Waals surface area contributed by atoms with Crippen molar-refractivity contribution in [3.63, 3.8) is 0 Å². The number of likely N-dealkylation sites (tertiary alicyclic amines) is 1. The molecule has 0 spiro atoms. The van der Waals surface area contributed by atoms with Gasteiger partial charge in [-0.3, -0.25) is 0 Å². The summed E-state index contributed by atoms with van der Waals surface area (Å²) in [6, 6.07) is 16.3. The Balaban J connectivity index is 1.58. The predicted molar refractivity (Wildman–Crippen MR) is 120 cm³/mol. The summed E-state index contributed by atoms with van der Waals surface area (Å²) < 4.78 is 12.6. The number of fused-ring (bicyclic) bond motifs is 1. The van der Waals surface area contributed by atoms with Crippen LogP contribution < -0.4 is 10.5 Å². The van der Waals surface area contributed by atoms with Gasteiger partial charge in [0.2, 0.25) is 0 Å². The van der Waals surface area contributed by atoms with E-state index < -0.39 is 0 Å². The first-order valence-corrected chi connectivity index (χ1v) is 10.9. The number of nitrogens with zero attached hydrogens (tertiary/aromatic N) is 2. The van der Waals surface area contributed by atoms with Gasteiger partial charge in [-0.1, -0.05) is 24.3 Å². The molecule has 0 bridgehead atoms. The second kappa shape index (κ2) is 10.1. The standard InChI is InChI=1S/C24H32N4O2/c1-28-14-11-19(12-15-28)30-23(24-26-21-9-2-3-10-22(21)27-24)18-7-6-8-20(17-18)29-16-5-4-13-25/h2-3,6-10,17,19,23H,4-5,11-16,25H2,1H3,(H,26,27). The minimum atomic E-state index is -0.251. The molecule has 1 aromatic heterocycles. The largest absolute Gasteiger partial charge is 0.494 e. The number of benzene rings is 2. The quantitative estimate of drug-likeness (QED) is 0.526. The van der Waals surface area contributed by atoms with Crippen LogP contribution in [0, 0.1) is 0 Å². The van der Waals surface area contributed by atoms with Gasteiger partial charge >= 0.3 is 0 Å². The Labute approximate surface area is 178 Å². The highest BCUT2D eigenvalue weighted by atomic mass is 16.5. The number of imidazole rings is 1. The molecule has 4 rings (SSSR count). The van der Waals surface area contributed by atoms with Gasteiger partial charge in [0.1, 0.15) is 17.7 Å². The third kappa shape index (κ3) is 5.19. The lowest BCUT2D eigenvalue weighted by Crippen LogP contribution is -2.35. The fourth-order valence-corrected chi connectivity index (χ4v) is 3.91. The Morgan fingerprint density at radius 2 is 1.97 bits per heavy atom. The van der Waals surface area contributed by atoms with E-state index in [0.717, 1.165) is 66.9 Å². The maximum absolute atomic E-state index is 6.65. The minimum Gasteiger partial charge on any atom is -0.494 e. The first-order valence-electron chi connectivity index (χ1n) is 10.9.